The van der Waals surface area contributed by atoms with Gasteiger partial charge in [-0.05, 0) is 41.8 Å². The number of hydrogen-bond acceptors (Lipinski definition) is 6. The molecule has 2 N–H and O–H groups in total. The second-order valence-electron chi connectivity index (χ2n) is 5.96. The maximum absolute atomic E-state index is 11.9. The predicted molar refractivity (Wildman–Crippen MR) is 94.9 cm³/mol. The zero-order valence-electron chi connectivity index (χ0n) is 13.7. The van der Waals surface area contributed by atoms with Crippen LogP contribution in [-0.2, 0) is 31.3 Å². The zero-order valence-corrected chi connectivity index (χ0v) is 15.3. The summed E-state index contributed by atoms with van der Waals surface area (Å²) < 4.78 is 49.6. The lowest BCUT2D eigenvalue weighted by Crippen LogP contribution is -2.29. The molecule has 0 saturated carbocycles. The average Bonchev–Trinajstić information content (AvgIpc) is 2.79. The number of sulfone groups is 1. The Kier molecular flexibility index (Phi) is 4.41. The van der Waals surface area contributed by atoms with E-state index in [2.05, 4.69) is 0 Å². The highest BCUT2D eigenvalue weighted by molar-refractivity contribution is 7.92. The molecule has 1 fully saturated rings. The SMILES string of the molecule is CS(=O)(=O)c1cccc(Cc2ccc(N3CC(=O)NS3(=O)=O)c(O)c2)c1. The molecule has 0 unspecified atom stereocenters. The van der Waals surface area contributed by atoms with Crippen LogP contribution in [0.2, 0.25) is 0 Å². The molecule has 26 heavy (non-hydrogen) atoms. The van der Waals surface area contributed by atoms with Crippen LogP contribution in [0, 0.1) is 0 Å². The topological polar surface area (TPSA) is 121 Å². The molecule has 8 nitrogen and oxygen atoms in total. The van der Waals surface area contributed by atoms with E-state index in [1.165, 1.54) is 18.2 Å². The van der Waals surface area contributed by atoms with Crippen LogP contribution in [0.5, 0.6) is 5.75 Å². The fourth-order valence-electron chi connectivity index (χ4n) is 2.67. The van der Waals surface area contributed by atoms with Crippen LogP contribution < -0.4 is 9.03 Å². The van der Waals surface area contributed by atoms with Crippen LogP contribution in [0.4, 0.5) is 5.69 Å². The highest BCUT2D eigenvalue weighted by Crippen LogP contribution is 2.32. The van der Waals surface area contributed by atoms with Gasteiger partial charge in [-0.1, -0.05) is 18.2 Å². The van der Waals surface area contributed by atoms with Gasteiger partial charge in [0.25, 0.3) is 5.91 Å². The summed E-state index contributed by atoms with van der Waals surface area (Å²) in [5.41, 5.74) is 1.38. The lowest BCUT2D eigenvalue weighted by atomic mass is 10.0. The molecule has 1 heterocycles. The molecule has 0 spiro atoms. The van der Waals surface area contributed by atoms with E-state index < -0.39 is 32.5 Å². The zero-order chi connectivity index (χ0) is 19.1. The number of phenols is 1. The minimum absolute atomic E-state index is 0.00279. The summed E-state index contributed by atoms with van der Waals surface area (Å²) in [5, 5.41) is 10.2. The molecule has 3 rings (SSSR count). The molecule has 1 aliphatic heterocycles. The Bertz CT molecular complexity index is 1090. The summed E-state index contributed by atoms with van der Waals surface area (Å²) >= 11 is 0. The third-order valence-electron chi connectivity index (χ3n) is 3.86. The van der Waals surface area contributed by atoms with Gasteiger partial charge >= 0.3 is 10.2 Å². The van der Waals surface area contributed by atoms with Crippen molar-refractivity contribution >= 4 is 31.6 Å². The normalized spacial score (nSPS) is 16.5. The molecule has 2 aromatic rings. The van der Waals surface area contributed by atoms with Gasteiger partial charge < -0.3 is 5.11 Å². The van der Waals surface area contributed by atoms with E-state index in [-0.39, 0.29) is 16.3 Å². The van der Waals surface area contributed by atoms with E-state index >= 15 is 0 Å². The Morgan fingerprint density at radius 2 is 1.85 bits per heavy atom. The number of anilines is 1. The molecule has 0 radical (unpaired) electrons. The molecule has 1 aliphatic rings. The molecule has 138 valence electrons. The van der Waals surface area contributed by atoms with Crippen LogP contribution in [0.3, 0.4) is 0 Å². The summed E-state index contributed by atoms with van der Waals surface area (Å²) in [6.07, 6.45) is 1.47. The number of aromatic hydroxyl groups is 1. The molecule has 0 aliphatic carbocycles. The molecule has 0 atom stereocenters. The minimum atomic E-state index is -4.00. The first kappa shape index (κ1) is 18.2. The van der Waals surface area contributed by atoms with Gasteiger partial charge in [-0.25, -0.2) is 17.4 Å². The van der Waals surface area contributed by atoms with Crippen LogP contribution in [0.15, 0.2) is 47.4 Å². The molecule has 1 saturated heterocycles. The Balaban J connectivity index is 1.88. The first-order valence-electron chi connectivity index (χ1n) is 7.50. The maximum atomic E-state index is 11.9. The van der Waals surface area contributed by atoms with Gasteiger partial charge in [0.2, 0.25) is 0 Å². The van der Waals surface area contributed by atoms with Crippen molar-refractivity contribution in [1.29, 1.82) is 0 Å². The monoisotopic (exact) mass is 396 g/mol. The second-order valence-corrected chi connectivity index (χ2v) is 9.57. The molecule has 0 bridgehead atoms. The van der Waals surface area contributed by atoms with Crippen LogP contribution in [0.25, 0.3) is 0 Å². The fraction of sp³-hybridized carbons (Fsp3) is 0.188. The van der Waals surface area contributed by atoms with Crippen LogP contribution in [0.1, 0.15) is 11.1 Å². The van der Waals surface area contributed by atoms with Crippen molar-refractivity contribution in [1.82, 2.24) is 4.72 Å². The fourth-order valence-corrected chi connectivity index (χ4v) is 4.53. The number of hydrogen-bond donors (Lipinski definition) is 2. The van der Waals surface area contributed by atoms with E-state index in [1.807, 2.05) is 4.72 Å². The molecular formula is C16H16N2O6S2. The average molecular weight is 396 g/mol. The van der Waals surface area contributed by atoms with Gasteiger partial charge in [0.1, 0.15) is 12.3 Å². The second kappa shape index (κ2) is 6.29. The van der Waals surface area contributed by atoms with Gasteiger partial charge in [-0.2, -0.15) is 8.42 Å². The van der Waals surface area contributed by atoms with E-state index in [0.717, 1.165) is 16.1 Å². The number of phenolic OH excluding ortho intramolecular Hbond substituents is 1. The van der Waals surface area contributed by atoms with Gasteiger partial charge in [-0.15, -0.1) is 0 Å². The quantitative estimate of drug-likeness (QED) is 0.779. The van der Waals surface area contributed by atoms with E-state index in [4.69, 9.17) is 0 Å². The summed E-state index contributed by atoms with van der Waals surface area (Å²) in [7, 11) is -7.32. The van der Waals surface area contributed by atoms with E-state index in [1.54, 1.807) is 24.3 Å². The number of nitrogens with one attached hydrogen (secondary N) is 1. The summed E-state index contributed by atoms with van der Waals surface area (Å²) in [6, 6.07) is 10.8. The third kappa shape index (κ3) is 3.65. The predicted octanol–water partition coefficient (Wildman–Crippen LogP) is 0.567. The maximum Gasteiger partial charge on any atom is 0.326 e. The smallest absolute Gasteiger partial charge is 0.326 e. The molecule has 2 aromatic carbocycles. The Morgan fingerprint density at radius 3 is 2.42 bits per heavy atom. The Morgan fingerprint density at radius 1 is 1.15 bits per heavy atom. The number of amides is 1. The van der Waals surface area contributed by atoms with Crippen molar-refractivity contribution in [3.05, 3.63) is 53.6 Å². The van der Waals surface area contributed by atoms with Gasteiger partial charge in [0.05, 0.1) is 10.6 Å². The molecule has 10 heteroatoms. The molecule has 1 amide bonds. The first-order valence-corrected chi connectivity index (χ1v) is 10.8. The minimum Gasteiger partial charge on any atom is -0.506 e. The largest absolute Gasteiger partial charge is 0.506 e. The van der Waals surface area contributed by atoms with Gasteiger partial charge in [0.15, 0.2) is 9.84 Å². The highest BCUT2D eigenvalue weighted by atomic mass is 32.2. The number of benzene rings is 2. The van der Waals surface area contributed by atoms with Crippen molar-refractivity contribution in [2.45, 2.75) is 11.3 Å². The Hall–Kier alpha value is -2.59. The lowest BCUT2D eigenvalue weighted by Gasteiger charge is -2.16. The first-order chi connectivity index (χ1) is 12.1. The standard InChI is InChI=1S/C16H16N2O6S2/c1-25(21,22)13-4-2-3-11(8-13)7-12-5-6-14(15(19)9-12)18-10-16(20)17-26(18,23)24/h2-6,8-9,19H,7,10H2,1H3,(H,17,20). The van der Waals surface area contributed by atoms with Crippen molar-refractivity contribution in [2.24, 2.45) is 0 Å². The lowest BCUT2D eigenvalue weighted by molar-refractivity contribution is -0.117. The highest BCUT2D eigenvalue weighted by Gasteiger charge is 2.35. The summed E-state index contributed by atoms with van der Waals surface area (Å²) in [4.78, 5) is 11.5. The summed E-state index contributed by atoms with van der Waals surface area (Å²) in [5.74, 6) is -0.965. The van der Waals surface area contributed by atoms with Crippen molar-refractivity contribution in [3.8, 4) is 5.75 Å². The van der Waals surface area contributed by atoms with Gasteiger partial charge in [0, 0.05) is 6.26 Å². The molecular weight excluding hydrogens is 380 g/mol. The van der Waals surface area contributed by atoms with Gasteiger partial charge in [-0.3, -0.25) is 4.79 Å². The summed E-state index contributed by atoms with van der Waals surface area (Å²) in [6.45, 7) is -0.397. The van der Waals surface area contributed by atoms with Crippen molar-refractivity contribution in [3.63, 3.8) is 0 Å². The number of carbonyl (C=O) groups excluding carboxylic acids is 1. The number of nitrogens with zero attached hydrogens (tertiary/aromatic N) is 1. The number of rotatable bonds is 4. The van der Waals surface area contributed by atoms with Crippen LogP contribution in [-0.4, -0.2) is 40.6 Å². The van der Waals surface area contributed by atoms with E-state index in [0.29, 0.717) is 12.0 Å². The van der Waals surface area contributed by atoms with Crippen molar-refractivity contribution in [2.75, 3.05) is 17.1 Å². The van der Waals surface area contributed by atoms with Crippen molar-refractivity contribution < 1.29 is 26.7 Å². The van der Waals surface area contributed by atoms with E-state index in [9.17, 15) is 26.7 Å². The van der Waals surface area contributed by atoms with Crippen LogP contribution >= 0.6 is 0 Å². The Labute approximate surface area is 151 Å². The third-order valence-corrected chi connectivity index (χ3v) is 6.37. The number of carbonyl (C=O) groups is 1. The molecule has 0 aromatic heterocycles.